The van der Waals surface area contributed by atoms with Gasteiger partial charge in [0, 0.05) is 30.2 Å². The van der Waals surface area contributed by atoms with Gasteiger partial charge in [0.15, 0.2) is 0 Å². The third-order valence-electron chi connectivity index (χ3n) is 2.45. The summed E-state index contributed by atoms with van der Waals surface area (Å²) in [5, 5.41) is 0. The number of nitrogen functional groups attached to an aromatic ring is 1. The van der Waals surface area contributed by atoms with Crippen molar-refractivity contribution in [2.24, 2.45) is 5.73 Å². The number of rotatable bonds is 4. The topological polar surface area (TPSA) is 82.8 Å². The highest BCUT2D eigenvalue weighted by Gasteiger charge is 2.07. The van der Waals surface area contributed by atoms with Gasteiger partial charge < -0.3 is 16.0 Å². The first kappa shape index (κ1) is 10.6. The third-order valence-corrected chi connectivity index (χ3v) is 2.45. The fourth-order valence-electron chi connectivity index (χ4n) is 1.60. The molecule has 0 spiro atoms. The van der Waals surface area contributed by atoms with Gasteiger partial charge in [0.1, 0.15) is 0 Å². The van der Waals surface area contributed by atoms with Crippen molar-refractivity contribution in [2.75, 3.05) is 12.3 Å². The smallest absolute Gasteiger partial charge is 0.0950 e. The quantitative estimate of drug-likeness (QED) is 0.796. The molecule has 16 heavy (non-hydrogen) atoms. The molecule has 0 bridgehead atoms. The van der Waals surface area contributed by atoms with Crippen LogP contribution in [0.25, 0.3) is 11.3 Å². The van der Waals surface area contributed by atoms with Crippen LogP contribution in [0.15, 0.2) is 31.0 Å². The molecule has 0 saturated heterocycles. The number of imidazole rings is 1. The summed E-state index contributed by atoms with van der Waals surface area (Å²) < 4.78 is 2.04. The largest absolute Gasteiger partial charge is 0.398 e. The second-order valence-corrected chi connectivity index (χ2v) is 3.58. The zero-order valence-corrected chi connectivity index (χ0v) is 9.00. The summed E-state index contributed by atoms with van der Waals surface area (Å²) in [6.45, 7) is 1.51. The van der Waals surface area contributed by atoms with Crippen molar-refractivity contribution >= 4 is 5.69 Å². The Balaban J connectivity index is 2.33. The van der Waals surface area contributed by atoms with E-state index in [-0.39, 0.29) is 0 Å². The summed E-state index contributed by atoms with van der Waals surface area (Å²) in [5.41, 5.74) is 14.0. The molecule has 0 unspecified atom stereocenters. The van der Waals surface area contributed by atoms with Crippen LogP contribution in [0.2, 0.25) is 0 Å². The lowest BCUT2D eigenvalue weighted by molar-refractivity contribution is 0.655. The molecule has 0 aliphatic carbocycles. The predicted molar refractivity (Wildman–Crippen MR) is 63.5 cm³/mol. The average molecular weight is 217 g/mol. The number of nitrogens with zero attached hydrogens (tertiary/aromatic N) is 3. The maximum Gasteiger partial charge on any atom is 0.0950 e. The van der Waals surface area contributed by atoms with E-state index >= 15 is 0 Å². The van der Waals surface area contributed by atoms with E-state index in [0.717, 1.165) is 24.2 Å². The maximum atomic E-state index is 5.90. The van der Waals surface area contributed by atoms with Crippen molar-refractivity contribution in [3.05, 3.63) is 31.0 Å². The van der Waals surface area contributed by atoms with E-state index in [1.54, 1.807) is 31.0 Å². The predicted octanol–water partition coefficient (Wildman–Crippen LogP) is 0.876. The molecule has 2 aromatic heterocycles. The molecule has 5 nitrogen and oxygen atoms in total. The van der Waals surface area contributed by atoms with Crippen LogP contribution < -0.4 is 11.5 Å². The molecule has 2 rings (SSSR count). The first-order chi connectivity index (χ1) is 7.83. The molecule has 0 aromatic carbocycles. The summed E-state index contributed by atoms with van der Waals surface area (Å²) in [6.07, 6.45) is 7.94. The standard InChI is InChI=1S/C11H15N5/c12-3-1-5-16-8-15-7-11(16)9-6-14-4-2-10(9)13/h2,4,6-8H,1,3,5,12H2,(H2,13,14). The van der Waals surface area contributed by atoms with Crippen LogP contribution in [-0.4, -0.2) is 21.1 Å². The second-order valence-electron chi connectivity index (χ2n) is 3.58. The van der Waals surface area contributed by atoms with Crippen LogP contribution in [0.4, 0.5) is 5.69 Å². The first-order valence-corrected chi connectivity index (χ1v) is 5.23. The van der Waals surface area contributed by atoms with Crippen molar-refractivity contribution in [2.45, 2.75) is 13.0 Å². The molecule has 2 heterocycles. The molecule has 0 fully saturated rings. The normalized spacial score (nSPS) is 10.6. The van der Waals surface area contributed by atoms with Crippen LogP contribution in [0.5, 0.6) is 0 Å². The van der Waals surface area contributed by atoms with Gasteiger partial charge in [-0.1, -0.05) is 0 Å². The van der Waals surface area contributed by atoms with E-state index in [1.165, 1.54) is 0 Å². The third kappa shape index (κ3) is 2.04. The second kappa shape index (κ2) is 4.76. The molecular weight excluding hydrogens is 202 g/mol. The fraction of sp³-hybridized carbons (Fsp3) is 0.273. The molecule has 0 aliphatic rings. The van der Waals surface area contributed by atoms with Gasteiger partial charge in [-0.15, -0.1) is 0 Å². The van der Waals surface area contributed by atoms with E-state index in [2.05, 4.69) is 9.97 Å². The Morgan fingerprint density at radius 2 is 2.12 bits per heavy atom. The van der Waals surface area contributed by atoms with Gasteiger partial charge in [-0.2, -0.15) is 0 Å². The monoisotopic (exact) mass is 217 g/mol. The Hall–Kier alpha value is -1.88. The Morgan fingerprint density at radius 1 is 1.25 bits per heavy atom. The fourth-order valence-corrected chi connectivity index (χ4v) is 1.60. The van der Waals surface area contributed by atoms with E-state index in [0.29, 0.717) is 12.2 Å². The summed E-state index contributed by atoms with van der Waals surface area (Å²) in [6, 6.07) is 1.79. The van der Waals surface area contributed by atoms with Crippen molar-refractivity contribution in [3.8, 4) is 11.3 Å². The lowest BCUT2D eigenvalue weighted by Gasteiger charge is -2.08. The average Bonchev–Trinajstić information content (AvgIpc) is 2.75. The number of pyridine rings is 1. The van der Waals surface area contributed by atoms with Gasteiger partial charge in [-0.05, 0) is 19.0 Å². The van der Waals surface area contributed by atoms with E-state index in [4.69, 9.17) is 11.5 Å². The Kier molecular flexibility index (Phi) is 3.16. The van der Waals surface area contributed by atoms with Gasteiger partial charge in [-0.3, -0.25) is 4.98 Å². The van der Waals surface area contributed by atoms with Gasteiger partial charge in [-0.25, -0.2) is 4.98 Å². The zero-order valence-electron chi connectivity index (χ0n) is 9.00. The SMILES string of the molecule is NCCCn1cncc1-c1cnccc1N. The lowest BCUT2D eigenvalue weighted by Crippen LogP contribution is -2.06. The van der Waals surface area contributed by atoms with E-state index in [1.807, 2.05) is 4.57 Å². The zero-order chi connectivity index (χ0) is 11.4. The lowest BCUT2D eigenvalue weighted by atomic mass is 10.2. The van der Waals surface area contributed by atoms with Gasteiger partial charge in [0.25, 0.3) is 0 Å². The highest BCUT2D eigenvalue weighted by molar-refractivity contribution is 5.72. The van der Waals surface area contributed by atoms with Crippen molar-refractivity contribution < 1.29 is 0 Å². The summed E-state index contributed by atoms with van der Waals surface area (Å²) >= 11 is 0. The van der Waals surface area contributed by atoms with Crippen LogP contribution in [-0.2, 0) is 6.54 Å². The highest BCUT2D eigenvalue weighted by Crippen LogP contribution is 2.24. The first-order valence-electron chi connectivity index (χ1n) is 5.23. The Bertz CT molecular complexity index is 463. The summed E-state index contributed by atoms with van der Waals surface area (Å²) in [5.74, 6) is 0. The number of hydrogen-bond donors (Lipinski definition) is 2. The number of nitrogens with two attached hydrogens (primary N) is 2. The van der Waals surface area contributed by atoms with Gasteiger partial charge in [0.05, 0.1) is 18.2 Å². The van der Waals surface area contributed by atoms with Crippen LogP contribution in [0.1, 0.15) is 6.42 Å². The minimum atomic E-state index is 0.667. The summed E-state index contributed by atoms with van der Waals surface area (Å²) in [7, 11) is 0. The Morgan fingerprint density at radius 3 is 2.88 bits per heavy atom. The minimum Gasteiger partial charge on any atom is -0.398 e. The van der Waals surface area contributed by atoms with Gasteiger partial charge >= 0.3 is 0 Å². The van der Waals surface area contributed by atoms with Crippen molar-refractivity contribution in [1.82, 2.24) is 14.5 Å². The van der Waals surface area contributed by atoms with Crippen molar-refractivity contribution in [3.63, 3.8) is 0 Å². The van der Waals surface area contributed by atoms with Crippen LogP contribution >= 0.6 is 0 Å². The number of aromatic nitrogens is 3. The molecule has 0 atom stereocenters. The molecule has 0 amide bonds. The number of hydrogen-bond acceptors (Lipinski definition) is 4. The highest BCUT2D eigenvalue weighted by atomic mass is 15.0. The molecule has 0 radical (unpaired) electrons. The molecule has 4 N–H and O–H groups in total. The van der Waals surface area contributed by atoms with E-state index in [9.17, 15) is 0 Å². The van der Waals surface area contributed by atoms with Crippen LogP contribution in [0.3, 0.4) is 0 Å². The van der Waals surface area contributed by atoms with E-state index < -0.39 is 0 Å². The minimum absolute atomic E-state index is 0.667. The molecule has 84 valence electrons. The molecular formula is C11H15N5. The van der Waals surface area contributed by atoms with Gasteiger partial charge in [0.2, 0.25) is 0 Å². The summed E-state index contributed by atoms with van der Waals surface area (Å²) in [4.78, 5) is 8.21. The maximum absolute atomic E-state index is 5.90. The van der Waals surface area contributed by atoms with Crippen molar-refractivity contribution in [1.29, 1.82) is 0 Å². The molecule has 2 aromatic rings. The molecule has 5 heteroatoms. The Labute approximate surface area is 94.1 Å². The number of anilines is 1. The molecule has 0 saturated carbocycles. The number of aryl methyl sites for hydroxylation is 1. The molecule has 0 aliphatic heterocycles. The van der Waals surface area contributed by atoms with Crippen LogP contribution in [0, 0.1) is 0 Å².